The molecule has 1 unspecified atom stereocenters. The summed E-state index contributed by atoms with van der Waals surface area (Å²) in [5.41, 5.74) is 0.292. The zero-order chi connectivity index (χ0) is 23.0. The molecule has 32 heavy (non-hydrogen) atoms. The Labute approximate surface area is 183 Å². The Kier molecular flexibility index (Phi) is 5.74. The average Bonchev–Trinajstić information content (AvgIpc) is 3.02. The molecule has 4 rings (SSSR count). The van der Waals surface area contributed by atoms with Crippen LogP contribution in [0, 0.1) is 0 Å². The number of fused-ring (bicyclic) bond motifs is 1. The van der Waals surface area contributed by atoms with E-state index in [2.05, 4.69) is 5.32 Å². The lowest BCUT2D eigenvalue weighted by atomic mass is 10.0. The van der Waals surface area contributed by atoms with Crippen molar-refractivity contribution in [2.45, 2.75) is 18.9 Å². The van der Waals surface area contributed by atoms with Gasteiger partial charge in [0.25, 0.3) is 17.7 Å². The highest BCUT2D eigenvalue weighted by Crippen LogP contribution is 2.28. The quantitative estimate of drug-likeness (QED) is 0.580. The van der Waals surface area contributed by atoms with Gasteiger partial charge in [0.15, 0.2) is 0 Å². The number of ether oxygens (including phenoxy) is 1. The second-order valence-electron chi connectivity index (χ2n) is 7.81. The standard InChI is InChI=1S/C21H22N4O7/c1-32-9-8-23-6-7-24(11-17(23)27)19(29)12-2-3-13-14(10-12)21(31)25(20(13)30)15-4-5-16(26)22-18(15)28/h2-3,10,15H,4-9,11H2,1H3,(H,22,26,28). The molecule has 6 amide bonds. The summed E-state index contributed by atoms with van der Waals surface area (Å²) in [5, 5.41) is 2.14. The molecule has 11 nitrogen and oxygen atoms in total. The van der Waals surface area contributed by atoms with Crippen molar-refractivity contribution in [1.29, 1.82) is 0 Å². The molecule has 1 atom stereocenters. The molecule has 0 saturated carbocycles. The van der Waals surface area contributed by atoms with E-state index in [1.54, 1.807) is 12.0 Å². The van der Waals surface area contributed by atoms with Gasteiger partial charge in [0, 0.05) is 38.7 Å². The van der Waals surface area contributed by atoms with Crippen LogP contribution >= 0.6 is 0 Å². The highest BCUT2D eigenvalue weighted by Gasteiger charge is 2.45. The third-order valence-electron chi connectivity index (χ3n) is 5.86. The predicted molar refractivity (Wildman–Crippen MR) is 107 cm³/mol. The van der Waals surface area contributed by atoms with Crippen molar-refractivity contribution < 1.29 is 33.5 Å². The summed E-state index contributed by atoms with van der Waals surface area (Å²) in [5.74, 6) is -3.09. The summed E-state index contributed by atoms with van der Waals surface area (Å²) in [6.45, 7) is 1.47. The fraction of sp³-hybridized carbons (Fsp3) is 0.429. The Morgan fingerprint density at radius 1 is 1.09 bits per heavy atom. The molecule has 0 aromatic heterocycles. The van der Waals surface area contributed by atoms with Crippen LogP contribution in [-0.4, -0.2) is 96.1 Å². The number of carbonyl (C=O) groups is 6. The van der Waals surface area contributed by atoms with Gasteiger partial charge in [-0.2, -0.15) is 0 Å². The molecule has 0 bridgehead atoms. The summed E-state index contributed by atoms with van der Waals surface area (Å²) >= 11 is 0. The van der Waals surface area contributed by atoms with Gasteiger partial charge in [-0.3, -0.25) is 39.0 Å². The molecule has 0 spiro atoms. The van der Waals surface area contributed by atoms with Crippen LogP contribution in [-0.2, 0) is 19.1 Å². The second-order valence-corrected chi connectivity index (χ2v) is 7.81. The van der Waals surface area contributed by atoms with E-state index >= 15 is 0 Å². The first-order valence-electron chi connectivity index (χ1n) is 10.2. The number of carbonyl (C=O) groups excluding carboxylic acids is 6. The van der Waals surface area contributed by atoms with Crippen LogP contribution < -0.4 is 5.32 Å². The first-order valence-corrected chi connectivity index (χ1v) is 10.2. The molecule has 3 aliphatic heterocycles. The number of amides is 6. The van der Waals surface area contributed by atoms with E-state index in [4.69, 9.17) is 4.74 Å². The summed E-state index contributed by atoms with van der Waals surface area (Å²) in [6, 6.07) is 3.07. The Bertz CT molecular complexity index is 1040. The molecule has 1 aromatic carbocycles. The normalized spacial score (nSPS) is 21.2. The Balaban J connectivity index is 1.50. The lowest BCUT2D eigenvalue weighted by Gasteiger charge is -2.34. The summed E-state index contributed by atoms with van der Waals surface area (Å²) in [7, 11) is 1.55. The monoisotopic (exact) mass is 442 g/mol. The van der Waals surface area contributed by atoms with E-state index in [1.807, 2.05) is 0 Å². The van der Waals surface area contributed by atoms with Gasteiger partial charge in [-0.15, -0.1) is 0 Å². The van der Waals surface area contributed by atoms with Gasteiger partial charge >= 0.3 is 0 Å². The van der Waals surface area contributed by atoms with Crippen LogP contribution in [0.25, 0.3) is 0 Å². The number of methoxy groups -OCH3 is 1. The van der Waals surface area contributed by atoms with Crippen molar-refractivity contribution in [3.05, 3.63) is 34.9 Å². The highest BCUT2D eigenvalue weighted by atomic mass is 16.5. The minimum Gasteiger partial charge on any atom is -0.383 e. The van der Waals surface area contributed by atoms with E-state index in [0.29, 0.717) is 26.2 Å². The van der Waals surface area contributed by atoms with Crippen LogP contribution in [0.4, 0.5) is 0 Å². The first kappa shape index (κ1) is 21.6. The van der Waals surface area contributed by atoms with E-state index < -0.39 is 35.6 Å². The Morgan fingerprint density at radius 3 is 2.53 bits per heavy atom. The maximum atomic E-state index is 12.9. The molecule has 2 fully saturated rings. The van der Waals surface area contributed by atoms with Gasteiger partial charge in [-0.25, -0.2) is 0 Å². The topological polar surface area (TPSA) is 133 Å². The van der Waals surface area contributed by atoms with E-state index in [9.17, 15) is 28.8 Å². The van der Waals surface area contributed by atoms with Gasteiger partial charge in [0.05, 0.1) is 17.7 Å². The van der Waals surface area contributed by atoms with Crippen LogP contribution in [0.15, 0.2) is 18.2 Å². The van der Waals surface area contributed by atoms with Crippen LogP contribution in [0.1, 0.15) is 43.9 Å². The molecular weight excluding hydrogens is 420 g/mol. The number of hydrogen-bond acceptors (Lipinski definition) is 7. The number of nitrogens with one attached hydrogen (secondary N) is 1. The SMILES string of the molecule is COCCN1CCN(C(=O)c2ccc3c(c2)C(=O)N(C2CCC(=O)NC2=O)C3=O)CC1=O. The largest absolute Gasteiger partial charge is 0.383 e. The van der Waals surface area contributed by atoms with Crippen LogP contribution in [0.3, 0.4) is 0 Å². The number of piperazine rings is 1. The minimum atomic E-state index is -1.07. The molecule has 11 heteroatoms. The molecule has 168 valence electrons. The molecule has 1 aromatic rings. The van der Waals surface area contributed by atoms with Crippen molar-refractivity contribution in [2.75, 3.05) is 39.9 Å². The van der Waals surface area contributed by atoms with Crippen LogP contribution in [0.5, 0.6) is 0 Å². The highest BCUT2D eigenvalue weighted by molar-refractivity contribution is 6.24. The summed E-state index contributed by atoms with van der Waals surface area (Å²) in [6.07, 6.45) is 0.0787. The number of nitrogens with zero attached hydrogens (tertiary/aromatic N) is 3. The molecule has 2 saturated heterocycles. The maximum absolute atomic E-state index is 12.9. The Hall–Kier alpha value is -3.60. The fourth-order valence-corrected chi connectivity index (χ4v) is 4.11. The van der Waals surface area contributed by atoms with Gasteiger partial charge in [-0.1, -0.05) is 0 Å². The third-order valence-corrected chi connectivity index (χ3v) is 5.86. The number of hydrogen-bond donors (Lipinski definition) is 1. The molecule has 0 radical (unpaired) electrons. The molecule has 3 aliphatic rings. The van der Waals surface area contributed by atoms with E-state index in [1.165, 1.54) is 23.1 Å². The van der Waals surface area contributed by atoms with Crippen molar-refractivity contribution in [2.24, 2.45) is 0 Å². The maximum Gasteiger partial charge on any atom is 0.262 e. The zero-order valence-corrected chi connectivity index (χ0v) is 17.5. The molecule has 1 N–H and O–H groups in total. The number of piperidine rings is 1. The van der Waals surface area contributed by atoms with Crippen molar-refractivity contribution in [3.8, 4) is 0 Å². The average molecular weight is 442 g/mol. The number of imide groups is 2. The van der Waals surface area contributed by atoms with Crippen molar-refractivity contribution in [3.63, 3.8) is 0 Å². The predicted octanol–water partition coefficient (Wildman–Crippen LogP) is -0.981. The van der Waals surface area contributed by atoms with E-state index in [-0.39, 0.29) is 42.0 Å². The zero-order valence-electron chi connectivity index (χ0n) is 17.5. The smallest absolute Gasteiger partial charge is 0.262 e. The van der Waals surface area contributed by atoms with Crippen molar-refractivity contribution in [1.82, 2.24) is 20.0 Å². The number of benzene rings is 1. The Morgan fingerprint density at radius 2 is 1.84 bits per heavy atom. The van der Waals surface area contributed by atoms with Gasteiger partial charge in [-0.05, 0) is 24.6 Å². The summed E-state index contributed by atoms with van der Waals surface area (Å²) in [4.78, 5) is 78.3. The van der Waals surface area contributed by atoms with Crippen molar-refractivity contribution >= 4 is 35.4 Å². The lowest BCUT2D eigenvalue weighted by molar-refractivity contribution is -0.137. The van der Waals surface area contributed by atoms with Crippen LogP contribution in [0.2, 0.25) is 0 Å². The van der Waals surface area contributed by atoms with Gasteiger partial charge in [0.2, 0.25) is 17.7 Å². The lowest BCUT2D eigenvalue weighted by Crippen LogP contribution is -2.54. The third kappa shape index (κ3) is 3.75. The second kappa shape index (κ2) is 8.50. The van der Waals surface area contributed by atoms with Gasteiger partial charge in [0.1, 0.15) is 12.6 Å². The molecule has 3 heterocycles. The molecule has 0 aliphatic carbocycles. The fourth-order valence-electron chi connectivity index (χ4n) is 4.11. The summed E-state index contributed by atoms with van der Waals surface area (Å²) < 4.78 is 4.98. The number of rotatable bonds is 5. The van der Waals surface area contributed by atoms with E-state index in [0.717, 1.165) is 4.90 Å². The molecular formula is C21H22N4O7. The minimum absolute atomic E-state index is 0.0237. The van der Waals surface area contributed by atoms with Gasteiger partial charge < -0.3 is 14.5 Å². The first-order chi connectivity index (χ1) is 15.3.